The van der Waals surface area contributed by atoms with E-state index in [0.717, 1.165) is 16.6 Å². The van der Waals surface area contributed by atoms with Gasteiger partial charge in [-0.25, -0.2) is 4.79 Å². The number of fused-ring (bicyclic) bond motifs is 1. The summed E-state index contributed by atoms with van der Waals surface area (Å²) in [5.74, 6) is -0.884. The Kier molecular flexibility index (Phi) is 2.26. The number of carboxylic acids is 1. The van der Waals surface area contributed by atoms with E-state index in [2.05, 4.69) is 25.8 Å². The van der Waals surface area contributed by atoms with Crippen LogP contribution in [0, 0.1) is 0 Å². The largest absolute Gasteiger partial charge is 0.478 e. The van der Waals surface area contributed by atoms with Gasteiger partial charge in [0.25, 0.3) is 0 Å². The fraction of sp³-hybridized carbons (Fsp3) is 0.308. The van der Waals surface area contributed by atoms with Crippen LogP contribution in [0.5, 0.6) is 0 Å². The number of benzene rings is 1. The average molecular weight is 217 g/mol. The number of carboxylic acid groups (broad SMARTS) is 1. The Morgan fingerprint density at radius 3 is 2.56 bits per heavy atom. The van der Waals surface area contributed by atoms with E-state index in [1.807, 2.05) is 12.1 Å². The molecule has 0 spiro atoms. The number of aromatic amines is 1. The first kappa shape index (κ1) is 10.7. The predicted molar refractivity (Wildman–Crippen MR) is 64.0 cm³/mol. The third kappa shape index (κ3) is 1.69. The van der Waals surface area contributed by atoms with Gasteiger partial charge in [-0.2, -0.15) is 0 Å². The Hall–Kier alpha value is -1.77. The number of aromatic nitrogens is 1. The van der Waals surface area contributed by atoms with E-state index in [1.165, 1.54) is 0 Å². The molecule has 2 N–H and O–H groups in total. The van der Waals surface area contributed by atoms with Gasteiger partial charge in [0, 0.05) is 22.0 Å². The summed E-state index contributed by atoms with van der Waals surface area (Å²) in [7, 11) is 0. The Labute approximate surface area is 94.1 Å². The highest BCUT2D eigenvalue weighted by molar-refractivity contribution is 6.03. The van der Waals surface area contributed by atoms with Gasteiger partial charge in [0.05, 0.1) is 5.56 Å². The molecule has 1 aromatic heterocycles. The summed E-state index contributed by atoms with van der Waals surface area (Å²) in [5.41, 5.74) is 2.28. The number of hydrogen-bond acceptors (Lipinski definition) is 1. The third-order valence-electron chi connectivity index (χ3n) is 2.70. The number of rotatable bonds is 1. The van der Waals surface area contributed by atoms with Crippen molar-refractivity contribution >= 4 is 16.9 Å². The van der Waals surface area contributed by atoms with Gasteiger partial charge in [-0.15, -0.1) is 0 Å². The molecule has 0 fully saturated rings. The maximum absolute atomic E-state index is 11.1. The number of hydrogen-bond donors (Lipinski definition) is 2. The Morgan fingerprint density at radius 1 is 1.31 bits per heavy atom. The molecule has 0 aliphatic carbocycles. The smallest absolute Gasteiger partial charge is 0.336 e. The molecule has 0 unspecified atom stereocenters. The highest BCUT2D eigenvalue weighted by Crippen LogP contribution is 2.27. The molecule has 0 saturated carbocycles. The maximum Gasteiger partial charge on any atom is 0.336 e. The monoisotopic (exact) mass is 217 g/mol. The van der Waals surface area contributed by atoms with Crippen molar-refractivity contribution in [1.82, 2.24) is 4.98 Å². The maximum atomic E-state index is 11.1. The summed E-state index contributed by atoms with van der Waals surface area (Å²) in [6.45, 7) is 6.29. The number of H-pyrrole nitrogens is 1. The van der Waals surface area contributed by atoms with Crippen LogP contribution in [-0.4, -0.2) is 16.1 Å². The van der Waals surface area contributed by atoms with Crippen molar-refractivity contribution in [3.05, 3.63) is 35.5 Å². The van der Waals surface area contributed by atoms with Crippen molar-refractivity contribution in [3.8, 4) is 0 Å². The Morgan fingerprint density at radius 2 is 2.00 bits per heavy atom. The van der Waals surface area contributed by atoms with Gasteiger partial charge in [-0.05, 0) is 18.2 Å². The summed E-state index contributed by atoms with van der Waals surface area (Å²) in [5, 5.41) is 9.86. The molecule has 0 bridgehead atoms. The zero-order valence-electron chi connectivity index (χ0n) is 9.66. The summed E-state index contributed by atoms with van der Waals surface area (Å²) in [4.78, 5) is 14.3. The van der Waals surface area contributed by atoms with Crippen LogP contribution >= 0.6 is 0 Å². The topological polar surface area (TPSA) is 53.1 Å². The molecule has 16 heavy (non-hydrogen) atoms. The summed E-state index contributed by atoms with van der Waals surface area (Å²) in [6, 6.07) is 7.22. The minimum atomic E-state index is -0.884. The standard InChI is InChI=1S/C13H15NO2/c1-13(2,3)11-7-9-8(12(15)16)5-4-6-10(9)14-11/h4-7,14H,1-3H3,(H,15,16). The molecule has 3 heteroatoms. The van der Waals surface area contributed by atoms with Crippen molar-refractivity contribution < 1.29 is 9.90 Å². The highest BCUT2D eigenvalue weighted by atomic mass is 16.4. The first-order valence-electron chi connectivity index (χ1n) is 5.25. The predicted octanol–water partition coefficient (Wildman–Crippen LogP) is 3.16. The van der Waals surface area contributed by atoms with Crippen LogP contribution in [0.4, 0.5) is 0 Å². The molecule has 3 nitrogen and oxygen atoms in total. The van der Waals surface area contributed by atoms with Crippen LogP contribution in [0.2, 0.25) is 0 Å². The molecular weight excluding hydrogens is 202 g/mol. The second-order valence-electron chi connectivity index (χ2n) is 5.00. The second kappa shape index (κ2) is 3.37. The molecule has 0 saturated heterocycles. The van der Waals surface area contributed by atoms with E-state index < -0.39 is 5.97 Å². The summed E-state index contributed by atoms with van der Waals surface area (Å²) >= 11 is 0. The molecule has 0 aliphatic rings. The van der Waals surface area contributed by atoms with Crippen molar-refractivity contribution in [2.45, 2.75) is 26.2 Å². The normalized spacial score (nSPS) is 11.9. The molecule has 0 atom stereocenters. The van der Waals surface area contributed by atoms with Crippen LogP contribution in [0.1, 0.15) is 36.8 Å². The number of nitrogens with one attached hydrogen (secondary N) is 1. The minimum Gasteiger partial charge on any atom is -0.478 e. The summed E-state index contributed by atoms with van der Waals surface area (Å²) in [6.07, 6.45) is 0. The molecule has 0 radical (unpaired) electrons. The molecular formula is C13H15NO2. The van der Waals surface area contributed by atoms with E-state index in [9.17, 15) is 4.79 Å². The highest BCUT2D eigenvalue weighted by Gasteiger charge is 2.18. The van der Waals surface area contributed by atoms with Gasteiger partial charge >= 0.3 is 5.97 Å². The van der Waals surface area contributed by atoms with Gasteiger partial charge in [-0.1, -0.05) is 26.8 Å². The van der Waals surface area contributed by atoms with Crippen LogP contribution in [0.25, 0.3) is 10.9 Å². The first-order chi connectivity index (χ1) is 7.39. The zero-order chi connectivity index (χ0) is 11.9. The number of aromatic carboxylic acids is 1. The fourth-order valence-electron chi connectivity index (χ4n) is 1.75. The van der Waals surface area contributed by atoms with Crippen LogP contribution in [0.15, 0.2) is 24.3 Å². The number of carbonyl (C=O) groups is 1. The average Bonchev–Trinajstić information content (AvgIpc) is 2.59. The quantitative estimate of drug-likeness (QED) is 0.770. The van der Waals surface area contributed by atoms with Crippen molar-refractivity contribution in [2.24, 2.45) is 0 Å². The molecule has 1 heterocycles. The second-order valence-corrected chi connectivity index (χ2v) is 5.00. The van der Waals surface area contributed by atoms with E-state index >= 15 is 0 Å². The van der Waals surface area contributed by atoms with Crippen LogP contribution in [0.3, 0.4) is 0 Å². The molecule has 0 amide bonds. The van der Waals surface area contributed by atoms with Gasteiger partial charge in [0.15, 0.2) is 0 Å². The van der Waals surface area contributed by atoms with E-state index in [0.29, 0.717) is 5.56 Å². The third-order valence-corrected chi connectivity index (χ3v) is 2.70. The van der Waals surface area contributed by atoms with Gasteiger partial charge in [0.1, 0.15) is 0 Å². The molecule has 0 aliphatic heterocycles. The van der Waals surface area contributed by atoms with Crippen LogP contribution in [-0.2, 0) is 5.41 Å². The lowest BCUT2D eigenvalue weighted by atomic mass is 9.92. The summed E-state index contributed by atoms with van der Waals surface area (Å²) < 4.78 is 0. The van der Waals surface area contributed by atoms with E-state index in [-0.39, 0.29) is 5.41 Å². The molecule has 1 aromatic carbocycles. The minimum absolute atomic E-state index is 0.00517. The molecule has 2 aromatic rings. The lowest BCUT2D eigenvalue weighted by Gasteiger charge is -2.15. The van der Waals surface area contributed by atoms with Crippen molar-refractivity contribution in [3.63, 3.8) is 0 Å². The lowest BCUT2D eigenvalue weighted by Crippen LogP contribution is -2.10. The van der Waals surface area contributed by atoms with Gasteiger partial charge < -0.3 is 10.1 Å². The fourth-order valence-corrected chi connectivity index (χ4v) is 1.75. The van der Waals surface area contributed by atoms with Crippen LogP contribution < -0.4 is 0 Å². The van der Waals surface area contributed by atoms with Gasteiger partial charge in [0.2, 0.25) is 0 Å². The van der Waals surface area contributed by atoms with Crippen molar-refractivity contribution in [1.29, 1.82) is 0 Å². The molecule has 84 valence electrons. The van der Waals surface area contributed by atoms with Crippen molar-refractivity contribution in [2.75, 3.05) is 0 Å². The molecule has 2 rings (SSSR count). The SMILES string of the molecule is CC(C)(C)c1cc2c(C(=O)O)cccc2[nH]1. The first-order valence-corrected chi connectivity index (χ1v) is 5.25. The van der Waals surface area contributed by atoms with E-state index in [4.69, 9.17) is 5.11 Å². The Bertz CT molecular complexity index is 547. The Balaban J connectivity index is 2.71. The van der Waals surface area contributed by atoms with E-state index in [1.54, 1.807) is 12.1 Å². The lowest BCUT2D eigenvalue weighted by molar-refractivity contribution is 0.0699. The van der Waals surface area contributed by atoms with Gasteiger partial charge in [-0.3, -0.25) is 0 Å². The zero-order valence-corrected chi connectivity index (χ0v) is 9.66.